The predicted octanol–water partition coefficient (Wildman–Crippen LogP) is 1.54. The monoisotopic (exact) mass is 345 g/mol. The van der Waals surface area contributed by atoms with Gasteiger partial charge in [0.2, 0.25) is 0 Å². The Morgan fingerprint density at radius 2 is 1.87 bits per heavy atom. The second-order valence-corrected chi connectivity index (χ2v) is 8.82. The van der Waals surface area contributed by atoms with Crippen molar-refractivity contribution in [3.05, 3.63) is 0 Å². The van der Waals surface area contributed by atoms with E-state index in [9.17, 15) is 18.0 Å². The average Bonchev–Trinajstić information content (AvgIpc) is 3.13. The molecule has 0 spiro atoms. The van der Waals surface area contributed by atoms with Crippen LogP contribution in [-0.2, 0) is 24.2 Å². The largest absolute Gasteiger partial charge is 0.456 e. The zero-order chi connectivity index (χ0) is 16.9. The van der Waals surface area contributed by atoms with Gasteiger partial charge in [0, 0.05) is 19.0 Å². The molecule has 0 N–H and O–H groups in total. The number of amides is 1. The Morgan fingerprint density at radius 1 is 1.17 bits per heavy atom. The molecule has 1 amide bonds. The van der Waals surface area contributed by atoms with Gasteiger partial charge in [0.15, 0.2) is 16.4 Å². The van der Waals surface area contributed by atoms with E-state index in [4.69, 9.17) is 4.74 Å². The third kappa shape index (κ3) is 5.48. The molecule has 23 heavy (non-hydrogen) atoms. The molecule has 1 aliphatic carbocycles. The minimum Gasteiger partial charge on any atom is -0.456 e. The number of ether oxygens (including phenoxy) is 1. The average molecular weight is 345 g/mol. The first-order chi connectivity index (χ1) is 10.9. The van der Waals surface area contributed by atoms with E-state index in [-0.39, 0.29) is 36.0 Å². The molecule has 1 saturated heterocycles. The lowest BCUT2D eigenvalue weighted by atomic mass is 10.0. The van der Waals surface area contributed by atoms with Crippen LogP contribution in [0.5, 0.6) is 0 Å². The van der Waals surface area contributed by atoms with Crippen molar-refractivity contribution in [2.45, 2.75) is 57.9 Å². The molecule has 6 nitrogen and oxygen atoms in total. The maximum atomic E-state index is 12.2. The van der Waals surface area contributed by atoms with Gasteiger partial charge in [-0.15, -0.1) is 0 Å². The van der Waals surface area contributed by atoms with E-state index < -0.39 is 9.84 Å². The van der Waals surface area contributed by atoms with Crippen LogP contribution in [0.3, 0.4) is 0 Å². The van der Waals surface area contributed by atoms with Crippen LogP contribution in [0.2, 0.25) is 0 Å². The molecule has 2 fully saturated rings. The molecule has 2 rings (SSSR count). The van der Waals surface area contributed by atoms with Gasteiger partial charge < -0.3 is 9.64 Å². The van der Waals surface area contributed by atoms with Crippen LogP contribution < -0.4 is 0 Å². The number of hydrogen-bond acceptors (Lipinski definition) is 5. The van der Waals surface area contributed by atoms with Crippen LogP contribution in [0.15, 0.2) is 0 Å². The number of sulfone groups is 1. The lowest BCUT2D eigenvalue weighted by Gasteiger charge is -2.26. The Kier molecular flexibility index (Phi) is 6.44. The van der Waals surface area contributed by atoms with Crippen molar-refractivity contribution in [2.75, 3.05) is 24.7 Å². The van der Waals surface area contributed by atoms with Crippen molar-refractivity contribution in [3.8, 4) is 0 Å². The Hall–Kier alpha value is -1.11. The zero-order valence-corrected chi connectivity index (χ0v) is 14.6. The van der Waals surface area contributed by atoms with Gasteiger partial charge in [0.1, 0.15) is 0 Å². The second kappa shape index (κ2) is 8.13. The fourth-order valence-electron chi connectivity index (χ4n) is 3.58. The van der Waals surface area contributed by atoms with Gasteiger partial charge in [-0.25, -0.2) is 8.42 Å². The van der Waals surface area contributed by atoms with Crippen molar-refractivity contribution < 1.29 is 22.7 Å². The number of hydrogen-bond donors (Lipinski definition) is 0. The molecule has 1 saturated carbocycles. The van der Waals surface area contributed by atoms with Gasteiger partial charge in [0.25, 0.3) is 5.91 Å². The van der Waals surface area contributed by atoms with E-state index >= 15 is 0 Å². The number of likely N-dealkylation sites (N-methyl/N-ethyl adjacent to an activating group) is 1. The van der Waals surface area contributed by atoms with Crippen LogP contribution in [0.4, 0.5) is 0 Å². The van der Waals surface area contributed by atoms with Gasteiger partial charge in [-0.3, -0.25) is 9.59 Å². The summed E-state index contributed by atoms with van der Waals surface area (Å²) in [5.74, 6) is 0.128. The van der Waals surface area contributed by atoms with Crippen molar-refractivity contribution in [2.24, 2.45) is 5.92 Å². The Bertz CT molecular complexity index is 525. The molecule has 132 valence electrons. The Morgan fingerprint density at radius 3 is 2.43 bits per heavy atom. The molecule has 1 unspecified atom stereocenters. The standard InChI is InChI=1S/C16H27NO5S/c1-2-17(14-9-10-23(20,21)12-14)15(18)11-22-16(19)8-7-13-5-3-4-6-13/h13-14H,2-12H2,1H3. The molecule has 0 aromatic rings. The molecule has 2 aliphatic rings. The van der Waals surface area contributed by atoms with Crippen LogP contribution in [0.25, 0.3) is 0 Å². The third-order valence-corrected chi connectivity index (χ3v) is 6.65. The summed E-state index contributed by atoms with van der Waals surface area (Å²) in [5.41, 5.74) is 0. The summed E-state index contributed by atoms with van der Waals surface area (Å²) < 4.78 is 28.2. The normalized spacial score (nSPS) is 23.8. The van der Waals surface area contributed by atoms with Crippen LogP contribution in [0.1, 0.15) is 51.9 Å². The van der Waals surface area contributed by atoms with E-state index in [1.165, 1.54) is 30.6 Å². The summed E-state index contributed by atoms with van der Waals surface area (Å²) in [6, 6.07) is -0.283. The smallest absolute Gasteiger partial charge is 0.306 e. The van der Waals surface area contributed by atoms with E-state index in [0.29, 0.717) is 25.3 Å². The van der Waals surface area contributed by atoms with Crippen LogP contribution in [-0.4, -0.2) is 55.9 Å². The number of nitrogens with zero attached hydrogens (tertiary/aromatic N) is 1. The maximum absolute atomic E-state index is 12.2. The molecule has 1 aliphatic heterocycles. The first kappa shape index (κ1) is 18.2. The van der Waals surface area contributed by atoms with Gasteiger partial charge >= 0.3 is 5.97 Å². The predicted molar refractivity (Wildman–Crippen MR) is 86.6 cm³/mol. The number of carbonyl (C=O) groups is 2. The highest BCUT2D eigenvalue weighted by Crippen LogP contribution is 2.28. The molecule has 1 atom stereocenters. The highest BCUT2D eigenvalue weighted by atomic mass is 32.2. The van der Waals surface area contributed by atoms with Crippen molar-refractivity contribution in [1.82, 2.24) is 4.90 Å². The van der Waals surface area contributed by atoms with Crippen LogP contribution >= 0.6 is 0 Å². The van der Waals surface area contributed by atoms with Crippen molar-refractivity contribution >= 4 is 21.7 Å². The van der Waals surface area contributed by atoms with Gasteiger partial charge in [-0.1, -0.05) is 25.7 Å². The summed E-state index contributed by atoms with van der Waals surface area (Å²) in [6.45, 7) is 1.96. The Balaban J connectivity index is 1.72. The van der Waals surface area contributed by atoms with Crippen LogP contribution in [0, 0.1) is 5.92 Å². The quantitative estimate of drug-likeness (QED) is 0.654. The summed E-state index contributed by atoms with van der Waals surface area (Å²) in [7, 11) is -3.04. The van der Waals surface area contributed by atoms with Gasteiger partial charge in [-0.2, -0.15) is 0 Å². The minimum atomic E-state index is -3.04. The Labute approximate surface area is 138 Å². The maximum Gasteiger partial charge on any atom is 0.306 e. The summed E-state index contributed by atoms with van der Waals surface area (Å²) in [5, 5.41) is 0. The number of rotatable bonds is 7. The topological polar surface area (TPSA) is 80.8 Å². The SMILES string of the molecule is CCN(C(=O)COC(=O)CCC1CCCC1)C1CCS(=O)(=O)C1. The molecular weight excluding hydrogens is 318 g/mol. The molecule has 0 aromatic heterocycles. The van der Waals surface area contributed by atoms with Gasteiger partial charge in [-0.05, 0) is 25.7 Å². The minimum absolute atomic E-state index is 0.0161. The summed E-state index contributed by atoms with van der Waals surface area (Å²) in [4.78, 5) is 25.5. The molecule has 0 bridgehead atoms. The van der Waals surface area contributed by atoms with E-state index in [1.54, 1.807) is 0 Å². The highest BCUT2D eigenvalue weighted by Gasteiger charge is 2.34. The first-order valence-electron chi connectivity index (χ1n) is 8.57. The van der Waals surface area contributed by atoms with E-state index in [2.05, 4.69) is 0 Å². The summed E-state index contributed by atoms with van der Waals surface area (Å²) in [6.07, 6.45) is 6.53. The van der Waals surface area contributed by atoms with E-state index in [1.807, 2.05) is 6.92 Å². The van der Waals surface area contributed by atoms with Gasteiger partial charge in [0.05, 0.1) is 11.5 Å². The highest BCUT2D eigenvalue weighted by molar-refractivity contribution is 7.91. The molecule has 0 radical (unpaired) electrons. The number of esters is 1. The summed E-state index contributed by atoms with van der Waals surface area (Å²) >= 11 is 0. The molecular formula is C16H27NO5S. The molecule has 0 aromatic carbocycles. The fourth-order valence-corrected chi connectivity index (χ4v) is 5.31. The zero-order valence-electron chi connectivity index (χ0n) is 13.8. The van der Waals surface area contributed by atoms with Crippen molar-refractivity contribution in [3.63, 3.8) is 0 Å². The first-order valence-corrected chi connectivity index (χ1v) is 10.4. The lowest BCUT2D eigenvalue weighted by molar-refractivity contribution is -0.153. The number of carbonyl (C=O) groups excluding carboxylic acids is 2. The molecule has 7 heteroatoms. The van der Waals surface area contributed by atoms with Crippen molar-refractivity contribution in [1.29, 1.82) is 0 Å². The third-order valence-electron chi connectivity index (χ3n) is 4.90. The molecule has 1 heterocycles. The fraction of sp³-hybridized carbons (Fsp3) is 0.875. The van der Waals surface area contributed by atoms with E-state index in [0.717, 1.165) is 6.42 Å². The second-order valence-electron chi connectivity index (χ2n) is 6.59. The lowest BCUT2D eigenvalue weighted by Crippen LogP contribution is -2.43.